The number of ether oxygens (including phenoxy) is 2. The van der Waals surface area contributed by atoms with E-state index in [1.807, 2.05) is 12.1 Å². The highest BCUT2D eigenvalue weighted by atomic mass is 35.5. The van der Waals surface area contributed by atoms with Crippen molar-refractivity contribution in [1.82, 2.24) is 9.78 Å². The van der Waals surface area contributed by atoms with E-state index < -0.39 is 24.5 Å². The first-order valence-corrected chi connectivity index (χ1v) is 10.2. The molecule has 166 valence electrons. The number of esters is 2. The van der Waals surface area contributed by atoms with E-state index in [-0.39, 0.29) is 22.8 Å². The molecule has 0 saturated heterocycles. The summed E-state index contributed by atoms with van der Waals surface area (Å²) in [6.45, 7) is 1.33. The number of methoxy groups -OCH3 is 1. The summed E-state index contributed by atoms with van der Waals surface area (Å²) in [5.41, 5.74) is 1.84. The Morgan fingerprint density at radius 1 is 1.06 bits per heavy atom. The number of halogens is 2. The molecule has 0 bridgehead atoms. The molecule has 1 aromatic heterocycles. The zero-order chi connectivity index (χ0) is 23.3. The third-order valence-corrected chi connectivity index (χ3v) is 5.20. The van der Waals surface area contributed by atoms with Crippen LogP contribution in [0.1, 0.15) is 32.0 Å². The lowest BCUT2D eigenvalue weighted by atomic mass is 10.2. The highest BCUT2D eigenvalue weighted by Gasteiger charge is 2.23. The molecule has 0 saturated carbocycles. The zero-order valence-electron chi connectivity index (χ0n) is 17.2. The molecule has 1 amide bonds. The van der Waals surface area contributed by atoms with Crippen LogP contribution in [-0.4, -0.2) is 41.3 Å². The van der Waals surface area contributed by atoms with Crippen molar-refractivity contribution in [3.05, 3.63) is 81.1 Å². The predicted octanol–water partition coefficient (Wildman–Crippen LogP) is 4.13. The molecule has 10 heteroatoms. The van der Waals surface area contributed by atoms with Crippen LogP contribution >= 0.6 is 23.2 Å². The first-order chi connectivity index (χ1) is 15.3. The molecular formula is C22H19Cl2N3O5. The Labute approximate surface area is 194 Å². The van der Waals surface area contributed by atoms with Crippen LogP contribution in [0.3, 0.4) is 0 Å². The van der Waals surface area contributed by atoms with Gasteiger partial charge in [-0.1, -0.05) is 47.5 Å². The maximum atomic E-state index is 12.5. The number of aromatic nitrogens is 2. The number of hydrogen-bond donors (Lipinski definition) is 1. The van der Waals surface area contributed by atoms with Gasteiger partial charge in [-0.2, -0.15) is 5.10 Å². The van der Waals surface area contributed by atoms with Crippen LogP contribution in [0.5, 0.6) is 0 Å². The summed E-state index contributed by atoms with van der Waals surface area (Å²) >= 11 is 12.5. The van der Waals surface area contributed by atoms with Crippen molar-refractivity contribution in [3.63, 3.8) is 0 Å². The molecule has 3 rings (SSSR count). The topological polar surface area (TPSA) is 99.5 Å². The fourth-order valence-electron chi connectivity index (χ4n) is 2.92. The average Bonchev–Trinajstić information content (AvgIpc) is 3.06. The Bertz CT molecular complexity index is 1180. The van der Waals surface area contributed by atoms with Crippen LogP contribution in [0, 0.1) is 6.92 Å². The highest BCUT2D eigenvalue weighted by molar-refractivity contribution is 6.33. The van der Waals surface area contributed by atoms with Gasteiger partial charge in [0.2, 0.25) is 0 Å². The Balaban J connectivity index is 1.64. The largest absolute Gasteiger partial charge is 0.465 e. The molecule has 0 radical (unpaired) electrons. The number of carbonyl (C=O) groups is 3. The van der Waals surface area contributed by atoms with Crippen LogP contribution in [0.2, 0.25) is 10.2 Å². The Hall–Kier alpha value is -3.36. The number of nitrogens with zero attached hydrogens (tertiary/aromatic N) is 2. The lowest BCUT2D eigenvalue weighted by molar-refractivity contribution is -0.119. The van der Waals surface area contributed by atoms with E-state index in [2.05, 4.69) is 15.2 Å². The summed E-state index contributed by atoms with van der Waals surface area (Å²) in [6, 6.07) is 13.4. The summed E-state index contributed by atoms with van der Waals surface area (Å²) < 4.78 is 11.2. The van der Waals surface area contributed by atoms with Crippen LogP contribution < -0.4 is 5.32 Å². The third kappa shape index (κ3) is 5.46. The zero-order valence-corrected chi connectivity index (χ0v) is 18.7. The molecule has 8 nitrogen and oxygen atoms in total. The number of nitrogens with one attached hydrogen (secondary N) is 1. The quantitative estimate of drug-likeness (QED) is 0.515. The average molecular weight is 476 g/mol. The van der Waals surface area contributed by atoms with Gasteiger partial charge >= 0.3 is 11.9 Å². The van der Waals surface area contributed by atoms with E-state index >= 15 is 0 Å². The second-order valence-corrected chi connectivity index (χ2v) is 7.46. The number of amides is 1. The number of hydrogen-bond acceptors (Lipinski definition) is 6. The van der Waals surface area contributed by atoms with Gasteiger partial charge in [0.25, 0.3) is 5.91 Å². The second kappa shape index (κ2) is 10.3. The number of rotatable bonds is 7. The number of anilines is 1. The summed E-state index contributed by atoms with van der Waals surface area (Å²) in [4.78, 5) is 36.3. The number of carbonyl (C=O) groups excluding carboxylic acids is 3. The van der Waals surface area contributed by atoms with Crippen molar-refractivity contribution >= 4 is 46.7 Å². The van der Waals surface area contributed by atoms with Gasteiger partial charge in [0.15, 0.2) is 6.61 Å². The molecule has 0 aliphatic rings. The third-order valence-electron chi connectivity index (χ3n) is 4.45. The lowest BCUT2D eigenvalue weighted by Gasteiger charge is -2.08. The summed E-state index contributed by atoms with van der Waals surface area (Å²) in [5.74, 6) is -1.90. The van der Waals surface area contributed by atoms with Gasteiger partial charge < -0.3 is 14.8 Å². The minimum Gasteiger partial charge on any atom is -0.465 e. The second-order valence-electron chi connectivity index (χ2n) is 6.70. The van der Waals surface area contributed by atoms with Gasteiger partial charge in [0.1, 0.15) is 10.7 Å². The van der Waals surface area contributed by atoms with Crippen molar-refractivity contribution in [2.75, 3.05) is 19.0 Å². The van der Waals surface area contributed by atoms with Crippen molar-refractivity contribution in [1.29, 1.82) is 0 Å². The summed E-state index contributed by atoms with van der Waals surface area (Å²) in [5, 5.41) is 7.46. The molecule has 32 heavy (non-hydrogen) atoms. The monoisotopic (exact) mass is 475 g/mol. The first-order valence-electron chi connectivity index (χ1n) is 9.41. The SMILES string of the molecule is COC(=O)c1cccc(NC(=O)COC(=O)c2c(C)nn(Cc3ccccc3Cl)c2Cl)c1. The number of benzene rings is 2. The molecular weight excluding hydrogens is 457 g/mol. The fraction of sp³-hybridized carbons (Fsp3) is 0.182. The summed E-state index contributed by atoms with van der Waals surface area (Å²) in [6.07, 6.45) is 0. The van der Waals surface area contributed by atoms with Gasteiger partial charge in [0.05, 0.1) is 24.9 Å². The van der Waals surface area contributed by atoms with Crippen LogP contribution in [-0.2, 0) is 20.8 Å². The molecule has 0 fully saturated rings. The Morgan fingerprint density at radius 3 is 2.53 bits per heavy atom. The molecule has 0 unspecified atom stereocenters. The standard InChI is InChI=1S/C22H19Cl2N3O5/c1-13-19(20(24)27(26-13)11-15-6-3-4-9-17(15)23)22(30)32-12-18(28)25-16-8-5-7-14(10-16)21(29)31-2/h3-10H,11-12H2,1-2H3,(H,25,28). The normalized spacial score (nSPS) is 10.5. The fourth-order valence-corrected chi connectivity index (χ4v) is 3.43. The maximum Gasteiger partial charge on any atom is 0.343 e. The highest BCUT2D eigenvalue weighted by Crippen LogP contribution is 2.24. The first kappa shape index (κ1) is 23.3. The molecule has 1 N–H and O–H groups in total. The van der Waals surface area contributed by atoms with Crippen molar-refractivity contribution < 1.29 is 23.9 Å². The van der Waals surface area contributed by atoms with Gasteiger partial charge in [0, 0.05) is 10.7 Å². The van der Waals surface area contributed by atoms with Gasteiger partial charge in [-0.05, 0) is 36.8 Å². The Morgan fingerprint density at radius 2 is 1.81 bits per heavy atom. The van der Waals surface area contributed by atoms with E-state index in [4.69, 9.17) is 27.9 Å². The molecule has 0 atom stereocenters. The van der Waals surface area contributed by atoms with Gasteiger partial charge in [-0.25, -0.2) is 14.3 Å². The van der Waals surface area contributed by atoms with E-state index in [1.165, 1.54) is 17.9 Å². The Kier molecular flexibility index (Phi) is 7.50. The van der Waals surface area contributed by atoms with Gasteiger partial charge in [-0.3, -0.25) is 4.79 Å². The maximum absolute atomic E-state index is 12.5. The van der Waals surface area contributed by atoms with Crippen LogP contribution in [0.4, 0.5) is 5.69 Å². The van der Waals surface area contributed by atoms with E-state index in [0.717, 1.165) is 5.56 Å². The molecule has 0 spiro atoms. The number of aryl methyl sites for hydroxylation is 1. The van der Waals surface area contributed by atoms with Crippen LogP contribution in [0.15, 0.2) is 48.5 Å². The smallest absolute Gasteiger partial charge is 0.343 e. The van der Waals surface area contributed by atoms with Crippen molar-refractivity contribution in [2.24, 2.45) is 0 Å². The van der Waals surface area contributed by atoms with Crippen molar-refractivity contribution in [3.8, 4) is 0 Å². The lowest BCUT2D eigenvalue weighted by Crippen LogP contribution is -2.21. The summed E-state index contributed by atoms with van der Waals surface area (Å²) in [7, 11) is 1.26. The molecule has 1 heterocycles. The predicted molar refractivity (Wildman–Crippen MR) is 119 cm³/mol. The van der Waals surface area contributed by atoms with E-state index in [9.17, 15) is 14.4 Å². The van der Waals surface area contributed by atoms with Crippen molar-refractivity contribution in [2.45, 2.75) is 13.5 Å². The minimum absolute atomic E-state index is 0.0687. The molecule has 0 aliphatic carbocycles. The minimum atomic E-state index is -0.781. The molecule has 2 aromatic carbocycles. The van der Waals surface area contributed by atoms with E-state index in [1.54, 1.807) is 37.3 Å². The van der Waals surface area contributed by atoms with E-state index in [0.29, 0.717) is 16.4 Å². The molecule has 0 aliphatic heterocycles. The molecule has 3 aromatic rings. The van der Waals surface area contributed by atoms with Gasteiger partial charge in [-0.15, -0.1) is 0 Å². The van der Waals surface area contributed by atoms with Crippen LogP contribution in [0.25, 0.3) is 0 Å².